The number of carbonyl (C=O) groups is 1. The molecule has 3 N–H and O–H groups in total. The Morgan fingerprint density at radius 2 is 2.41 bits per heavy atom. The van der Waals surface area contributed by atoms with E-state index in [4.69, 9.17) is 5.73 Å². The van der Waals surface area contributed by atoms with Crippen LogP contribution >= 0.6 is 11.5 Å². The lowest BCUT2D eigenvalue weighted by Crippen LogP contribution is -2.51. The van der Waals surface area contributed by atoms with Crippen LogP contribution in [0.3, 0.4) is 0 Å². The van der Waals surface area contributed by atoms with Gasteiger partial charge in [0.15, 0.2) is 0 Å². The van der Waals surface area contributed by atoms with Gasteiger partial charge in [-0.15, -0.1) is 5.10 Å². The number of hydrogen-bond donors (Lipinski definition) is 2. The van der Waals surface area contributed by atoms with E-state index < -0.39 is 0 Å². The topological polar surface area (TPSA) is 87.4 Å². The molecular weight excluding hydrogens is 240 g/mol. The second kappa shape index (κ2) is 4.11. The van der Waals surface area contributed by atoms with Crippen LogP contribution in [-0.2, 0) is 6.54 Å². The molecule has 1 atom stereocenters. The molecule has 0 bridgehead atoms. The monoisotopic (exact) mass is 254 g/mol. The van der Waals surface area contributed by atoms with E-state index in [0.29, 0.717) is 5.00 Å². The van der Waals surface area contributed by atoms with Crippen molar-refractivity contribution in [2.75, 3.05) is 31.9 Å². The fourth-order valence-corrected chi connectivity index (χ4v) is 2.79. The van der Waals surface area contributed by atoms with Crippen molar-refractivity contribution in [1.82, 2.24) is 24.7 Å². The minimum atomic E-state index is 0.0597. The number of nitrogens with two attached hydrogens (primary N) is 1. The molecule has 0 spiro atoms. The second-order valence-corrected chi connectivity index (χ2v) is 5.14. The summed E-state index contributed by atoms with van der Waals surface area (Å²) in [6.45, 7) is 3.96. The van der Waals surface area contributed by atoms with Crippen molar-refractivity contribution in [3.05, 3.63) is 5.69 Å². The largest absolute Gasteiger partial charge is 0.388 e. The molecule has 0 aliphatic carbocycles. The first kappa shape index (κ1) is 10.7. The average molecular weight is 254 g/mol. The summed E-state index contributed by atoms with van der Waals surface area (Å²) in [5.74, 6) is 0. The van der Waals surface area contributed by atoms with Crippen molar-refractivity contribution in [3.63, 3.8) is 0 Å². The summed E-state index contributed by atoms with van der Waals surface area (Å²) in [5.41, 5.74) is 6.62. The van der Waals surface area contributed by atoms with E-state index >= 15 is 0 Å². The lowest BCUT2D eigenvalue weighted by Gasteiger charge is -2.35. The maximum atomic E-state index is 11.4. The van der Waals surface area contributed by atoms with Crippen LogP contribution in [0, 0.1) is 0 Å². The van der Waals surface area contributed by atoms with Crippen molar-refractivity contribution in [1.29, 1.82) is 0 Å². The SMILES string of the molecule is Nc1snnc1CN1CCN2C(=O)NCC2C1. The van der Waals surface area contributed by atoms with Crippen molar-refractivity contribution < 1.29 is 4.79 Å². The smallest absolute Gasteiger partial charge is 0.317 e. The minimum Gasteiger partial charge on any atom is -0.388 e. The first-order valence-corrected chi connectivity index (χ1v) is 6.35. The Labute approximate surface area is 103 Å². The highest BCUT2D eigenvalue weighted by atomic mass is 32.1. The van der Waals surface area contributed by atoms with Crippen molar-refractivity contribution in [3.8, 4) is 0 Å². The number of nitrogens with one attached hydrogen (secondary N) is 1. The van der Waals surface area contributed by atoms with E-state index in [1.165, 1.54) is 11.5 Å². The number of anilines is 1. The summed E-state index contributed by atoms with van der Waals surface area (Å²) in [6, 6.07) is 0.341. The lowest BCUT2D eigenvalue weighted by molar-refractivity contribution is 0.116. The molecule has 1 unspecified atom stereocenters. The zero-order valence-corrected chi connectivity index (χ0v) is 10.1. The maximum Gasteiger partial charge on any atom is 0.317 e. The van der Waals surface area contributed by atoms with Gasteiger partial charge in [0.25, 0.3) is 0 Å². The molecular formula is C9H14N6OS. The number of nitrogen functional groups attached to an aromatic ring is 1. The lowest BCUT2D eigenvalue weighted by atomic mass is 10.2. The Balaban J connectivity index is 1.64. The molecule has 0 aromatic carbocycles. The summed E-state index contributed by atoms with van der Waals surface area (Å²) < 4.78 is 3.83. The van der Waals surface area contributed by atoms with E-state index in [1.807, 2.05) is 4.90 Å². The normalized spacial score (nSPS) is 24.8. The van der Waals surface area contributed by atoms with E-state index in [-0.39, 0.29) is 12.1 Å². The predicted molar refractivity (Wildman–Crippen MR) is 63.5 cm³/mol. The fraction of sp³-hybridized carbons (Fsp3) is 0.667. The average Bonchev–Trinajstić information content (AvgIpc) is 2.87. The molecule has 92 valence electrons. The van der Waals surface area contributed by atoms with Gasteiger partial charge in [0.1, 0.15) is 10.7 Å². The molecule has 2 aliphatic rings. The first-order valence-electron chi connectivity index (χ1n) is 5.57. The molecule has 3 heterocycles. The number of urea groups is 1. The van der Waals surface area contributed by atoms with E-state index in [9.17, 15) is 4.79 Å². The third kappa shape index (κ3) is 1.93. The van der Waals surface area contributed by atoms with Gasteiger partial charge < -0.3 is 16.0 Å². The van der Waals surface area contributed by atoms with E-state index in [0.717, 1.165) is 38.4 Å². The van der Waals surface area contributed by atoms with Crippen LogP contribution in [0.25, 0.3) is 0 Å². The van der Waals surface area contributed by atoms with Crippen LogP contribution in [-0.4, -0.2) is 57.6 Å². The Morgan fingerprint density at radius 3 is 3.18 bits per heavy atom. The molecule has 2 amide bonds. The highest BCUT2D eigenvalue weighted by Gasteiger charge is 2.35. The summed E-state index contributed by atoms with van der Waals surface area (Å²) in [7, 11) is 0. The Bertz CT molecular complexity index is 435. The highest BCUT2D eigenvalue weighted by Crippen LogP contribution is 2.19. The van der Waals surface area contributed by atoms with Gasteiger partial charge in [-0.05, 0) is 0 Å². The van der Waals surface area contributed by atoms with Crippen LogP contribution in [0.5, 0.6) is 0 Å². The summed E-state index contributed by atoms with van der Waals surface area (Å²) in [4.78, 5) is 15.6. The van der Waals surface area contributed by atoms with Gasteiger partial charge in [0.05, 0.1) is 6.04 Å². The molecule has 2 fully saturated rings. The van der Waals surface area contributed by atoms with E-state index in [2.05, 4.69) is 19.8 Å². The van der Waals surface area contributed by atoms with Crippen LogP contribution in [0.1, 0.15) is 5.69 Å². The molecule has 17 heavy (non-hydrogen) atoms. The van der Waals surface area contributed by atoms with Crippen molar-refractivity contribution in [2.45, 2.75) is 12.6 Å². The van der Waals surface area contributed by atoms with Crippen LogP contribution in [0.15, 0.2) is 0 Å². The zero-order chi connectivity index (χ0) is 11.8. The van der Waals surface area contributed by atoms with Gasteiger partial charge in [0.2, 0.25) is 0 Å². The molecule has 0 radical (unpaired) electrons. The molecule has 8 heteroatoms. The highest BCUT2D eigenvalue weighted by molar-refractivity contribution is 7.09. The number of aromatic nitrogens is 2. The zero-order valence-electron chi connectivity index (χ0n) is 9.30. The quantitative estimate of drug-likeness (QED) is 0.731. The molecule has 1 aromatic heterocycles. The standard InChI is InChI=1S/C9H14N6OS/c10-8-7(12-13-17-8)5-14-1-2-15-6(4-14)3-11-9(15)16/h6H,1-5,10H2,(H,11,16). The number of carbonyl (C=O) groups excluding carboxylic acids is 1. The van der Waals surface area contributed by atoms with Crippen LogP contribution < -0.4 is 11.1 Å². The third-order valence-corrected chi connectivity index (χ3v) is 3.87. The van der Waals surface area contributed by atoms with Crippen LogP contribution in [0.2, 0.25) is 0 Å². The molecule has 2 saturated heterocycles. The molecule has 0 saturated carbocycles. The Hall–Kier alpha value is -1.41. The summed E-state index contributed by atoms with van der Waals surface area (Å²) in [6.07, 6.45) is 0. The molecule has 1 aromatic rings. The first-order chi connectivity index (χ1) is 8.24. The van der Waals surface area contributed by atoms with Crippen molar-refractivity contribution in [2.24, 2.45) is 0 Å². The minimum absolute atomic E-state index is 0.0597. The van der Waals surface area contributed by atoms with Gasteiger partial charge in [-0.3, -0.25) is 4.90 Å². The second-order valence-electron chi connectivity index (χ2n) is 4.35. The summed E-state index contributed by atoms with van der Waals surface area (Å²) >= 11 is 1.23. The van der Waals surface area contributed by atoms with Crippen molar-refractivity contribution >= 4 is 22.6 Å². The maximum absolute atomic E-state index is 11.4. The number of amides is 2. The number of fused-ring (bicyclic) bond motifs is 1. The van der Waals surface area contributed by atoms with Gasteiger partial charge in [0, 0.05) is 44.3 Å². The fourth-order valence-electron chi connectivity index (χ4n) is 2.35. The third-order valence-electron chi connectivity index (χ3n) is 3.28. The molecule has 2 aliphatic heterocycles. The van der Waals surface area contributed by atoms with Gasteiger partial charge >= 0.3 is 6.03 Å². The number of hydrogen-bond acceptors (Lipinski definition) is 6. The summed E-state index contributed by atoms with van der Waals surface area (Å²) in [5, 5.41) is 7.57. The number of rotatable bonds is 2. The van der Waals surface area contributed by atoms with E-state index in [1.54, 1.807) is 0 Å². The molecule has 3 rings (SSSR count). The van der Waals surface area contributed by atoms with Crippen LogP contribution in [0.4, 0.5) is 9.80 Å². The number of piperazine rings is 1. The molecule has 7 nitrogen and oxygen atoms in total. The van der Waals surface area contributed by atoms with Gasteiger partial charge in [-0.2, -0.15) is 0 Å². The van der Waals surface area contributed by atoms with Gasteiger partial charge in [-0.25, -0.2) is 4.79 Å². The number of nitrogens with zero attached hydrogens (tertiary/aromatic N) is 4. The Kier molecular flexibility index (Phi) is 2.60. The predicted octanol–water partition coefficient (Wildman–Crippen LogP) is -0.670. The Morgan fingerprint density at radius 1 is 1.53 bits per heavy atom. The van der Waals surface area contributed by atoms with Gasteiger partial charge in [-0.1, -0.05) is 4.49 Å².